The quantitative estimate of drug-likeness (QED) is 0.791. The standard InChI is InChI=1S/C11H16N4O3S/c1-12-7-9-3-4-11(18-9)19(16,17)14-8-10-13-5-6-15(10)2/h3-6,12,14H,7-8H2,1-2H3. The molecule has 2 heterocycles. The highest BCUT2D eigenvalue weighted by molar-refractivity contribution is 7.89. The van der Waals surface area contributed by atoms with Crippen LogP contribution in [0.5, 0.6) is 0 Å². The number of nitrogens with one attached hydrogen (secondary N) is 2. The number of sulfonamides is 1. The van der Waals surface area contributed by atoms with E-state index in [-0.39, 0.29) is 11.6 Å². The molecule has 0 bridgehead atoms. The second kappa shape index (κ2) is 5.55. The molecule has 2 rings (SSSR count). The number of hydrogen-bond acceptors (Lipinski definition) is 5. The molecule has 0 aliphatic carbocycles. The molecule has 0 radical (unpaired) electrons. The lowest BCUT2D eigenvalue weighted by Crippen LogP contribution is -2.24. The summed E-state index contributed by atoms with van der Waals surface area (Å²) >= 11 is 0. The first-order chi connectivity index (χ1) is 9.03. The Bertz CT molecular complexity index is 644. The zero-order valence-corrected chi connectivity index (χ0v) is 11.6. The van der Waals surface area contributed by atoms with E-state index in [1.807, 2.05) is 0 Å². The van der Waals surface area contributed by atoms with E-state index in [4.69, 9.17) is 4.42 Å². The maximum atomic E-state index is 12.0. The van der Waals surface area contributed by atoms with Crippen LogP contribution in [0, 0.1) is 0 Å². The molecular formula is C11H16N4O3S. The molecule has 2 aromatic heterocycles. The summed E-state index contributed by atoms with van der Waals surface area (Å²) in [5.74, 6) is 1.20. The van der Waals surface area contributed by atoms with Crippen molar-refractivity contribution in [1.82, 2.24) is 19.6 Å². The van der Waals surface area contributed by atoms with Crippen molar-refractivity contribution in [1.29, 1.82) is 0 Å². The first-order valence-electron chi connectivity index (χ1n) is 5.72. The Morgan fingerprint density at radius 3 is 2.79 bits per heavy atom. The average molecular weight is 284 g/mol. The lowest BCUT2D eigenvalue weighted by molar-refractivity contribution is 0.404. The van der Waals surface area contributed by atoms with Gasteiger partial charge >= 0.3 is 0 Å². The highest BCUT2D eigenvalue weighted by Crippen LogP contribution is 2.13. The Hall–Kier alpha value is -1.64. The topological polar surface area (TPSA) is 89.2 Å². The number of aryl methyl sites for hydroxylation is 1. The van der Waals surface area contributed by atoms with E-state index in [1.165, 1.54) is 6.07 Å². The van der Waals surface area contributed by atoms with Crippen LogP contribution in [0.1, 0.15) is 11.6 Å². The molecule has 7 nitrogen and oxygen atoms in total. The van der Waals surface area contributed by atoms with Gasteiger partial charge in [-0.2, -0.15) is 0 Å². The Morgan fingerprint density at radius 1 is 1.37 bits per heavy atom. The van der Waals surface area contributed by atoms with Gasteiger partial charge in [-0.25, -0.2) is 18.1 Å². The van der Waals surface area contributed by atoms with Gasteiger partial charge in [-0.1, -0.05) is 0 Å². The summed E-state index contributed by atoms with van der Waals surface area (Å²) in [6.07, 6.45) is 3.36. The number of nitrogens with zero attached hydrogens (tertiary/aromatic N) is 2. The van der Waals surface area contributed by atoms with Gasteiger partial charge in [0.15, 0.2) is 0 Å². The molecule has 0 saturated heterocycles. The third-order valence-corrected chi connectivity index (χ3v) is 3.87. The van der Waals surface area contributed by atoms with E-state index in [2.05, 4.69) is 15.0 Å². The van der Waals surface area contributed by atoms with Gasteiger partial charge in [-0.3, -0.25) is 0 Å². The third kappa shape index (κ3) is 3.22. The van der Waals surface area contributed by atoms with Gasteiger partial charge in [0.1, 0.15) is 11.6 Å². The van der Waals surface area contributed by atoms with E-state index in [1.54, 1.807) is 37.1 Å². The molecule has 0 unspecified atom stereocenters. The predicted molar refractivity (Wildman–Crippen MR) is 68.7 cm³/mol. The van der Waals surface area contributed by atoms with Crippen LogP contribution in [0.25, 0.3) is 0 Å². The van der Waals surface area contributed by atoms with Crippen molar-refractivity contribution in [3.63, 3.8) is 0 Å². The summed E-state index contributed by atoms with van der Waals surface area (Å²) in [6.45, 7) is 0.600. The van der Waals surface area contributed by atoms with Crippen LogP contribution in [0.15, 0.2) is 34.0 Å². The summed E-state index contributed by atoms with van der Waals surface area (Å²) in [4.78, 5) is 4.04. The van der Waals surface area contributed by atoms with Gasteiger partial charge in [-0.05, 0) is 19.2 Å². The Kier molecular flexibility index (Phi) is 4.03. The lowest BCUT2D eigenvalue weighted by atomic mass is 10.4. The molecule has 0 saturated carbocycles. The second-order valence-electron chi connectivity index (χ2n) is 4.03. The highest BCUT2D eigenvalue weighted by atomic mass is 32.2. The molecule has 0 spiro atoms. The van der Waals surface area contributed by atoms with E-state index < -0.39 is 10.0 Å². The fourth-order valence-electron chi connectivity index (χ4n) is 1.57. The smallest absolute Gasteiger partial charge is 0.274 e. The molecule has 0 amide bonds. The Morgan fingerprint density at radius 2 is 2.16 bits per heavy atom. The molecule has 8 heteroatoms. The SMILES string of the molecule is CNCc1ccc(S(=O)(=O)NCc2nccn2C)o1. The van der Waals surface area contributed by atoms with Crippen molar-refractivity contribution < 1.29 is 12.8 Å². The molecule has 104 valence electrons. The van der Waals surface area contributed by atoms with Crippen molar-refractivity contribution in [3.8, 4) is 0 Å². The normalized spacial score (nSPS) is 11.9. The zero-order chi connectivity index (χ0) is 13.9. The molecule has 0 aliphatic heterocycles. The van der Waals surface area contributed by atoms with Crippen molar-refractivity contribution in [2.75, 3.05) is 7.05 Å². The van der Waals surface area contributed by atoms with Crippen molar-refractivity contribution in [3.05, 3.63) is 36.1 Å². The van der Waals surface area contributed by atoms with Crippen molar-refractivity contribution in [2.45, 2.75) is 18.2 Å². The number of imidazole rings is 1. The summed E-state index contributed by atoms with van der Waals surface area (Å²) in [5, 5.41) is 2.80. The van der Waals surface area contributed by atoms with Crippen LogP contribution in [-0.2, 0) is 30.2 Å². The van der Waals surface area contributed by atoms with Crippen LogP contribution in [0.3, 0.4) is 0 Å². The first-order valence-corrected chi connectivity index (χ1v) is 7.20. The average Bonchev–Trinajstić information content (AvgIpc) is 2.97. The van der Waals surface area contributed by atoms with E-state index in [0.717, 1.165) is 0 Å². The summed E-state index contributed by atoms with van der Waals surface area (Å²) in [5.41, 5.74) is 0. The van der Waals surface area contributed by atoms with Gasteiger partial charge in [0.05, 0.1) is 13.1 Å². The van der Waals surface area contributed by atoms with Gasteiger partial charge < -0.3 is 14.3 Å². The minimum atomic E-state index is -3.65. The predicted octanol–water partition coefficient (Wildman–Crippen LogP) is 0.211. The van der Waals surface area contributed by atoms with Crippen LogP contribution >= 0.6 is 0 Å². The van der Waals surface area contributed by atoms with Crippen LogP contribution in [0.4, 0.5) is 0 Å². The molecule has 0 aromatic carbocycles. The largest absolute Gasteiger partial charge is 0.447 e. The third-order valence-electron chi connectivity index (χ3n) is 2.59. The van der Waals surface area contributed by atoms with Crippen LogP contribution < -0.4 is 10.0 Å². The molecule has 0 atom stereocenters. The van der Waals surface area contributed by atoms with Gasteiger partial charge in [0.2, 0.25) is 5.09 Å². The van der Waals surface area contributed by atoms with E-state index >= 15 is 0 Å². The van der Waals surface area contributed by atoms with Crippen molar-refractivity contribution >= 4 is 10.0 Å². The number of furan rings is 1. The minimum absolute atomic E-state index is 0.0908. The zero-order valence-electron chi connectivity index (χ0n) is 10.8. The molecule has 2 aromatic rings. The highest BCUT2D eigenvalue weighted by Gasteiger charge is 2.19. The number of hydrogen-bond donors (Lipinski definition) is 2. The Labute approximate surface area is 111 Å². The maximum Gasteiger partial charge on any atom is 0.274 e. The van der Waals surface area contributed by atoms with Gasteiger partial charge in [-0.15, -0.1) is 0 Å². The Balaban J connectivity index is 2.07. The first kappa shape index (κ1) is 13.8. The summed E-state index contributed by atoms with van der Waals surface area (Å²) in [6, 6.07) is 3.07. The fraction of sp³-hybridized carbons (Fsp3) is 0.364. The minimum Gasteiger partial charge on any atom is -0.447 e. The summed E-state index contributed by atoms with van der Waals surface area (Å²) in [7, 11) is -0.0883. The van der Waals surface area contributed by atoms with Gasteiger partial charge in [0.25, 0.3) is 10.0 Å². The lowest BCUT2D eigenvalue weighted by Gasteiger charge is -2.04. The molecule has 0 aliphatic rings. The van der Waals surface area contributed by atoms with Crippen LogP contribution in [-0.4, -0.2) is 25.0 Å². The van der Waals surface area contributed by atoms with E-state index in [0.29, 0.717) is 18.1 Å². The molecule has 0 fully saturated rings. The van der Waals surface area contributed by atoms with Crippen LogP contribution in [0.2, 0.25) is 0 Å². The number of aromatic nitrogens is 2. The molecular weight excluding hydrogens is 268 g/mol. The fourth-order valence-corrected chi connectivity index (χ4v) is 2.49. The number of rotatable bonds is 6. The van der Waals surface area contributed by atoms with E-state index in [9.17, 15) is 8.42 Å². The maximum absolute atomic E-state index is 12.0. The van der Waals surface area contributed by atoms with Crippen molar-refractivity contribution in [2.24, 2.45) is 7.05 Å². The summed E-state index contributed by atoms with van der Waals surface area (Å²) < 4.78 is 33.4. The monoisotopic (exact) mass is 284 g/mol. The molecule has 19 heavy (non-hydrogen) atoms. The van der Waals surface area contributed by atoms with Gasteiger partial charge in [0, 0.05) is 19.4 Å². The molecule has 2 N–H and O–H groups in total. The second-order valence-corrected chi connectivity index (χ2v) is 5.73.